The summed E-state index contributed by atoms with van der Waals surface area (Å²) < 4.78 is 28.6. The molecule has 0 aliphatic heterocycles. The molecule has 0 radical (unpaired) electrons. The molecule has 6 nitrogen and oxygen atoms in total. The normalized spacial score (nSPS) is 20.6. The van der Waals surface area contributed by atoms with Crippen LogP contribution in [0.1, 0.15) is 52.9 Å². The second-order valence-electron chi connectivity index (χ2n) is 5.91. The number of carboxylic acid groups (broad SMARTS) is 1. The van der Waals surface area contributed by atoms with E-state index < -0.39 is 27.3 Å². The van der Waals surface area contributed by atoms with Gasteiger partial charge in [0.2, 0.25) is 0 Å². The van der Waals surface area contributed by atoms with Crippen LogP contribution < -0.4 is 9.44 Å². The van der Waals surface area contributed by atoms with E-state index >= 15 is 0 Å². The molecule has 106 valence electrons. The van der Waals surface area contributed by atoms with Crippen molar-refractivity contribution in [1.82, 2.24) is 9.44 Å². The van der Waals surface area contributed by atoms with E-state index in [1.54, 1.807) is 20.8 Å². The second-order valence-corrected chi connectivity index (χ2v) is 7.32. The van der Waals surface area contributed by atoms with Gasteiger partial charge in [0.1, 0.15) is 5.54 Å². The van der Waals surface area contributed by atoms with Gasteiger partial charge < -0.3 is 5.11 Å². The molecule has 1 rings (SSSR count). The van der Waals surface area contributed by atoms with Crippen LogP contribution in [0.4, 0.5) is 0 Å². The van der Waals surface area contributed by atoms with Crippen LogP contribution in [0.5, 0.6) is 0 Å². The fourth-order valence-corrected chi connectivity index (χ4v) is 3.86. The van der Waals surface area contributed by atoms with Gasteiger partial charge in [-0.15, -0.1) is 0 Å². The molecule has 1 aliphatic carbocycles. The average molecular weight is 278 g/mol. The first-order chi connectivity index (χ1) is 8.06. The molecule has 0 atom stereocenters. The van der Waals surface area contributed by atoms with Crippen LogP contribution in [-0.4, -0.2) is 30.6 Å². The van der Waals surface area contributed by atoms with Crippen molar-refractivity contribution < 1.29 is 18.3 Å². The van der Waals surface area contributed by atoms with Crippen LogP contribution in [0.25, 0.3) is 0 Å². The van der Waals surface area contributed by atoms with Crippen molar-refractivity contribution in [1.29, 1.82) is 0 Å². The maximum atomic E-state index is 11.9. The highest BCUT2D eigenvalue weighted by molar-refractivity contribution is 7.87. The maximum absolute atomic E-state index is 11.9. The van der Waals surface area contributed by atoms with Crippen molar-refractivity contribution in [2.75, 3.05) is 0 Å². The lowest BCUT2D eigenvalue weighted by molar-refractivity contribution is -0.145. The van der Waals surface area contributed by atoms with Crippen LogP contribution in [0.15, 0.2) is 0 Å². The van der Waals surface area contributed by atoms with Crippen LogP contribution in [0.3, 0.4) is 0 Å². The first-order valence-corrected chi connectivity index (χ1v) is 7.61. The van der Waals surface area contributed by atoms with Crippen molar-refractivity contribution in [3.8, 4) is 0 Å². The number of hydrogen-bond acceptors (Lipinski definition) is 3. The number of nitrogens with one attached hydrogen (secondary N) is 2. The van der Waals surface area contributed by atoms with Gasteiger partial charge in [-0.05, 0) is 33.6 Å². The van der Waals surface area contributed by atoms with Crippen molar-refractivity contribution in [3.05, 3.63) is 0 Å². The van der Waals surface area contributed by atoms with E-state index in [1.165, 1.54) is 0 Å². The summed E-state index contributed by atoms with van der Waals surface area (Å²) in [7, 11) is -3.82. The fourth-order valence-electron chi connectivity index (χ4n) is 2.20. The highest BCUT2D eigenvalue weighted by Gasteiger charge is 2.43. The largest absolute Gasteiger partial charge is 0.480 e. The fraction of sp³-hybridized carbons (Fsp3) is 0.909. The zero-order valence-corrected chi connectivity index (χ0v) is 11.9. The Hall–Kier alpha value is -0.660. The molecule has 0 amide bonds. The van der Waals surface area contributed by atoms with Crippen molar-refractivity contribution >= 4 is 16.2 Å². The highest BCUT2D eigenvalue weighted by Crippen LogP contribution is 2.29. The van der Waals surface area contributed by atoms with Gasteiger partial charge in [-0.1, -0.05) is 19.3 Å². The van der Waals surface area contributed by atoms with Gasteiger partial charge >= 0.3 is 5.97 Å². The molecule has 0 spiro atoms. The van der Waals surface area contributed by atoms with Crippen LogP contribution in [0.2, 0.25) is 0 Å². The van der Waals surface area contributed by atoms with Crippen LogP contribution in [-0.2, 0) is 15.0 Å². The second kappa shape index (κ2) is 5.14. The molecule has 0 saturated heterocycles. The lowest BCUT2D eigenvalue weighted by atomic mass is 9.83. The molecule has 0 bridgehead atoms. The maximum Gasteiger partial charge on any atom is 0.324 e. The molecular weight excluding hydrogens is 256 g/mol. The lowest BCUT2D eigenvalue weighted by Gasteiger charge is -2.34. The molecule has 1 saturated carbocycles. The van der Waals surface area contributed by atoms with Gasteiger partial charge in [0, 0.05) is 5.54 Å². The topological polar surface area (TPSA) is 95.5 Å². The molecule has 3 N–H and O–H groups in total. The predicted octanol–water partition coefficient (Wildman–Crippen LogP) is 0.996. The first kappa shape index (κ1) is 15.4. The van der Waals surface area contributed by atoms with Crippen molar-refractivity contribution in [2.45, 2.75) is 64.0 Å². The van der Waals surface area contributed by atoms with E-state index in [2.05, 4.69) is 9.44 Å². The van der Waals surface area contributed by atoms with Gasteiger partial charge in [-0.2, -0.15) is 17.9 Å². The van der Waals surface area contributed by atoms with E-state index in [0.717, 1.165) is 19.3 Å². The number of rotatable bonds is 4. The third kappa shape index (κ3) is 4.22. The predicted molar refractivity (Wildman–Crippen MR) is 68.4 cm³/mol. The summed E-state index contributed by atoms with van der Waals surface area (Å²) in [6.45, 7) is 5.13. The molecule has 7 heteroatoms. The van der Waals surface area contributed by atoms with Gasteiger partial charge in [-0.3, -0.25) is 4.79 Å². The molecule has 0 aromatic heterocycles. The summed E-state index contributed by atoms with van der Waals surface area (Å²) in [6.07, 6.45) is 3.08. The average Bonchev–Trinajstić information content (AvgIpc) is 2.13. The van der Waals surface area contributed by atoms with E-state index in [1.807, 2.05) is 0 Å². The van der Waals surface area contributed by atoms with E-state index in [9.17, 15) is 18.3 Å². The van der Waals surface area contributed by atoms with Crippen molar-refractivity contribution in [3.63, 3.8) is 0 Å². The Morgan fingerprint density at radius 3 is 2.06 bits per heavy atom. The van der Waals surface area contributed by atoms with Gasteiger partial charge in [0.25, 0.3) is 10.2 Å². The van der Waals surface area contributed by atoms with Crippen molar-refractivity contribution in [2.24, 2.45) is 0 Å². The minimum Gasteiger partial charge on any atom is -0.480 e. The quantitative estimate of drug-likeness (QED) is 0.714. The molecule has 0 heterocycles. The minimum atomic E-state index is -3.82. The molecule has 1 fully saturated rings. The number of aliphatic carboxylic acids is 1. The lowest BCUT2D eigenvalue weighted by Crippen LogP contribution is -2.60. The molecule has 0 unspecified atom stereocenters. The third-order valence-electron chi connectivity index (χ3n) is 2.89. The van der Waals surface area contributed by atoms with E-state index in [4.69, 9.17) is 0 Å². The Bertz CT molecular complexity index is 405. The Labute approximate surface area is 108 Å². The third-order valence-corrected chi connectivity index (χ3v) is 4.43. The number of hydrogen-bond donors (Lipinski definition) is 3. The summed E-state index contributed by atoms with van der Waals surface area (Å²) in [4.78, 5) is 11.4. The highest BCUT2D eigenvalue weighted by atomic mass is 32.2. The Morgan fingerprint density at radius 1 is 1.17 bits per heavy atom. The monoisotopic (exact) mass is 278 g/mol. The SMILES string of the molecule is CC(C)(C)NS(=O)(=O)NC1(C(=O)O)CCCCC1. The van der Waals surface area contributed by atoms with Gasteiger partial charge in [0.05, 0.1) is 0 Å². The first-order valence-electron chi connectivity index (χ1n) is 6.13. The molecule has 1 aliphatic rings. The summed E-state index contributed by atoms with van der Waals surface area (Å²) in [5.74, 6) is -1.10. The zero-order valence-electron chi connectivity index (χ0n) is 11.1. The number of carboxylic acids is 1. The molecule has 18 heavy (non-hydrogen) atoms. The van der Waals surface area contributed by atoms with E-state index in [0.29, 0.717) is 12.8 Å². The van der Waals surface area contributed by atoms with Gasteiger partial charge in [0.15, 0.2) is 0 Å². The summed E-state index contributed by atoms with van der Waals surface area (Å²) >= 11 is 0. The zero-order chi connectivity index (χ0) is 14.0. The molecular formula is C11H22N2O4S. The van der Waals surface area contributed by atoms with Gasteiger partial charge in [-0.25, -0.2) is 0 Å². The summed E-state index contributed by atoms with van der Waals surface area (Å²) in [5.41, 5.74) is -1.99. The number of carbonyl (C=O) groups is 1. The Kier molecular flexibility index (Phi) is 4.40. The molecule has 0 aromatic carbocycles. The Balaban J connectivity index is 2.87. The molecule has 0 aromatic rings. The van der Waals surface area contributed by atoms with E-state index in [-0.39, 0.29) is 0 Å². The Morgan fingerprint density at radius 2 is 1.67 bits per heavy atom. The van der Waals surface area contributed by atoms with Crippen LogP contribution >= 0.6 is 0 Å². The van der Waals surface area contributed by atoms with Crippen LogP contribution in [0, 0.1) is 0 Å². The standard InChI is InChI=1S/C11H22N2O4S/c1-10(2,3)12-18(16,17)13-11(9(14)15)7-5-4-6-8-11/h12-13H,4-8H2,1-3H3,(H,14,15). The minimum absolute atomic E-state index is 0.341. The summed E-state index contributed by atoms with van der Waals surface area (Å²) in [6, 6.07) is 0. The smallest absolute Gasteiger partial charge is 0.324 e. The summed E-state index contributed by atoms with van der Waals surface area (Å²) in [5, 5.41) is 9.30.